The summed E-state index contributed by atoms with van der Waals surface area (Å²) in [5, 5.41) is 0. The van der Waals surface area contributed by atoms with Gasteiger partial charge in [-0.2, -0.15) is 4.89 Å². The van der Waals surface area contributed by atoms with E-state index in [2.05, 4.69) is 20.8 Å². The van der Waals surface area contributed by atoms with Crippen LogP contribution >= 0.6 is 0 Å². The van der Waals surface area contributed by atoms with Crippen LogP contribution in [0.5, 0.6) is 0 Å². The molecule has 1 unspecified atom stereocenters. The zero-order valence-electron chi connectivity index (χ0n) is 12.8. The van der Waals surface area contributed by atoms with Crippen LogP contribution in [-0.2, 0) is 19.9 Å². The summed E-state index contributed by atoms with van der Waals surface area (Å²) in [5.74, 6) is -0.508. The monoisotopic (exact) mass is 279 g/mol. The van der Waals surface area contributed by atoms with E-state index in [1.54, 1.807) is 19.2 Å². The molecule has 0 aliphatic heterocycles. The summed E-state index contributed by atoms with van der Waals surface area (Å²) in [6.45, 7) is 9.67. The maximum Gasteiger partial charge on any atom is 0.373 e. The minimum atomic E-state index is -0.508. The fourth-order valence-electron chi connectivity index (χ4n) is 1.50. The molecule has 4 heteroatoms. The largest absolute Gasteiger partial charge is 0.382 e. The van der Waals surface area contributed by atoms with E-state index in [1.807, 2.05) is 19.1 Å². The predicted molar refractivity (Wildman–Crippen MR) is 77.0 cm³/mol. The molecular weight excluding hydrogens is 256 g/mol. The van der Waals surface area contributed by atoms with Gasteiger partial charge in [-0.3, -0.25) is 4.89 Å². The first kappa shape index (κ1) is 16.7. The van der Waals surface area contributed by atoms with E-state index in [-0.39, 0.29) is 11.5 Å². The molecule has 1 aromatic rings. The minimum absolute atomic E-state index is 0.0276. The Bertz CT molecular complexity index is 417. The van der Waals surface area contributed by atoms with Crippen LogP contribution in [-0.4, -0.2) is 19.2 Å². The van der Waals surface area contributed by atoms with E-state index in [0.717, 1.165) is 5.56 Å². The molecule has 1 aromatic carbocycles. The number of methoxy groups -OCH3 is 1. The van der Waals surface area contributed by atoms with Gasteiger partial charge >= 0.3 is 5.97 Å². The number of hydrogen-bond donors (Lipinski definition) is 0. The molecule has 1 atom stereocenters. The molecule has 4 nitrogen and oxygen atoms in total. The van der Waals surface area contributed by atoms with Crippen LogP contribution in [0.2, 0.25) is 0 Å². The van der Waals surface area contributed by atoms with Gasteiger partial charge in [-0.25, -0.2) is 4.79 Å². The van der Waals surface area contributed by atoms with Crippen molar-refractivity contribution >= 4 is 5.97 Å². The molecule has 0 aliphatic rings. The van der Waals surface area contributed by atoms with Crippen molar-refractivity contribution in [3.63, 3.8) is 0 Å². The molecular formula is C16H23O4. The van der Waals surface area contributed by atoms with Gasteiger partial charge < -0.3 is 4.74 Å². The number of benzene rings is 1. The van der Waals surface area contributed by atoms with Crippen LogP contribution < -0.4 is 0 Å². The van der Waals surface area contributed by atoms with Crippen LogP contribution in [0.4, 0.5) is 0 Å². The van der Waals surface area contributed by atoms with Crippen LogP contribution in [0.1, 0.15) is 50.0 Å². The first-order chi connectivity index (χ1) is 9.34. The summed E-state index contributed by atoms with van der Waals surface area (Å²) < 4.78 is 5.04. The lowest BCUT2D eigenvalue weighted by molar-refractivity contribution is -0.215. The lowest BCUT2D eigenvalue weighted by Crippen LogP contribution is -2.12. The first-order valence-electron chi connectivity index (χ1n) is 6.67. The fourth-order valence-corrected chi connectivity index (χ4v) is 1.50. The van der Waals surface area contributed by atoms with Gasteiger partial charge in [0.1, 0.15) is 6.61 Å². The van der Waals surface area contributed by atoms with Crippen LogP contribution in [0, 0.1) is 6.61 Å². The van der Waals surface area contributed by atoms with E-state index in [4.69, 9.17) is 14.5 Å². The standard InChI is InChI=1S/C16H23O4/c1-12(18-5)10-11-19-20-15(17)13-6-8-14(9-7-13)16(2,3)4/h6-9,11-12H,10H2,1-5H3. The quantitative estimate of drug-likeness (QED) is 0.453. The van der Waals surface area contributed by atoms with Crippen molar-refractivity contribution in [3.8, 4) is 0 Å². The van der Waals surface area contributed by atoms with E-state index in [0.29, 0.717) is 12.0 Å². The summed E-state index contributed by atoms with van der Waals surface area (Å²) >= 11 is 0. The average Bonchev–Trinajstić information content (AvgIpc) is 2.42. The highest BCUT2D eigenvalue weighted by molar-refractivity contribution is 5.88. The van der Waals surface area contributed by atoms with Gasteiger partial charge in [0, 0.05) is 13.5 Å². The van der Waals surface area contributed by atoms with Gasteiger partial charge in [-0.05, 0) is 30.0 Å². The van der Waals surface area contributed by atoms with Crippen molar-refractivity contribution in [2.45, 2.75) is 45.6 Å². The lowest BCUT2D eigenvalue weighted by Gasteiger charge is -2.18. The zero-order chi connectivity index (χ0) is 15.2. The summed E-state index contributed by atoms with van der Waals surface area (Å²) in [5.41, 5.74) is 1.69. The highest BCUT2D eigenvalue weighted by Crippen LogP contribution is 2.22. The highest BCUT2D eigenvalue weighted by atomic mass is 17.2. The molecule has 0 spiro atoms. The molecule has 20 heavy (non-hydrogen) atoms. The second-order valence-corrected chi connectivity index (χ2v) is 5.74. The van der Waals surface area contributed by atoms with Crippen molar-refractivity contribution < 1.29 is 19.3 Å². The summed E-state index contributed by atoms with van der Waals surface area (Å²) in [6, 6.07) is 7.33. The van der Waals surface area contributed by atoms with Crippen LogP contribution in [0.15, 0.2) is 24.3 Å². The third-order valence-corrected chi connectivity index (χ3v) is 3.01. The summed E-state index contributed by atoms with van der Waals surface area (Å²) in [7, 11) is 1.61. The minimum Gasteiger partial charge on any atom is -0.382 e. The Kier molecular flexibility index (Phi) is 6.17. The average molecular weight is 279 g/mol. The Morgan fingerprint density at radius 1 is 1.25 bits per heavy atom. The van der Waals surface area contributed by atoms with Gasteiger partial charge in [0.25, 0.3) is 0 Å². The molecule has 0 amide bonds. The van der Waals surface area contributed by atoms with Gasteiger partial charge in [-0.1, -0.05) is 32.9 Å². The molecule has 0 N–H and O–H groups in total. The summed E-state index contributed by atoms with van der Waals surface area (Å²) in [4.78, 5) is 21.2. The van der Waals surface area contributed by atoms with Gasteiger partial charge in [0.15, 0.2) is 0 Å². The second kappa shape index (κ2) is 7.41. The smallest absolute Gasteiger partial charge is 0.373 e. The SMILES string of the molecule is COC(C)C[CH]OOC(=O)c1ccc(C(C)(C)C)cc1. The van der Waals surface area contributed by atoms with E-state index >= 15 is 0 Å². The maximum absolute atomic E-state index is 11.7. The van der Waals surface area contributed by atoms with Crippen molar-refractivity contribution in [2.24, 2.45) is 0 Å². The zero-order valence-corrected chi connectivity index (χ0v) is 12.8. The van der Waals surface area contributed by atoms with Gasteiger partial charge in [0.05, 0.1) is 11.7 Å². The molecule has 0 heterocycles. The third-order valence-electron chi connectivity index (χ3n) is 3.01. The van der Waals surface area contributed by atoms with Crippen LogP contribution in [0.3, 0.4) is 0 Å². The Morgan fingerprint density at radius 2 is 1.85 bits per heavy atom. The van der Waals surface area contributed by atoms with Gasteiger partial charge in [0.2, 0.25) is 0 Å². The molecule has 0 bridgehead atoms. The first-order valence-corrected chi connectivity index (χ1v) is 6.67. The number of hydrogen-bond acceptors (Lipinski definition) is 4. The second-order valence-electron chi connectivity index (χ2n) is 5.74. The molecule has 0 fully saturated rings. The van der Waals surface area contributed by atoms with Crippen molar-refractivity contribution in [1.82, 2.24) is 0 Å². The fraction of sp³-hybridized carbons (Fsp3) is 0.500. The van der Waals surface area contributed by atoms with Crippen LogP contribution in [0.25, 0.3) is 0 Å². The number of ether oxygens (including phenoxy) is 1. The number of carbonyl (C=O) groups is 1. The van der Waals surface area contributed by atoms with E-state index in [1.165, 1.54) is 6.61 Å². The molecule has 0 aliphatic carbocycles. The molecule has 0 saturated heterocycles. The molecule has 1 radical (unpaired) electrons. The lowest BCUT2D eigenvalue weighted by atomic mass is 9.87. The predicted octanol–water partition coefficient (Wildman–Crippen LogP) is 3.66. The number of carbonyl (C=O) groups excluding carboxylic acids is 1. The Morgan fingerprint density at radius 3 is 2.35 bits per heavy atom. The summed E-state index contributed by atoms with van der Waals surface area (Å²) in [6.07, 6.45) is 0.576. The Labute approximate surface area is 121 Å². The number of rotatable bonds is 6. The highest BCUT2D eigenvalue weighted by Gasteiger charge is 2.15. The maximum atomic E-state index is 11.7. The Hall–Kier alpha value is -1.39. The van der Waals surface area contributed by atoms with Gasteiger partial charge in [-0.15, -0.1) is 0 Å². The van der Waals surface area contributed by atoms with E-state index in [9.17, 15) is 4.79 Å². The normalized spacial score (nSPS) is 13.1. The molecule has 0 aromatic heterocycles. The topological polar surface area (TPSA) is 44.8 Å². The van der Waals surface area contributed by atoms with E-state index < -0.39 is 5.97 Å². The molecule has 0 saturated carbocycles. The third kappa shape index (κ3) is 5.31. The van der Waals surface area contributed by atoms with Crippen molar-refractivity contribution in [3.05, 3.63) is 42.0 Å². The Balaban J connectivity index is 2.44. The molecule has 111 valence electrons. The molecule has 1 rings (SSSR count). The van der Waals surface area contributed by atoms with Crippen molar-refractivity contribution in [2.75, 3.05) is 7.11 Å². The van der Waals surface area contributed by atoms with Crippen molar-refractivity contribution in [1.29, 1.82) is 0 Å².